The Morgan fingerprint density at radius 3 is 2.48 bits per heavy atom. The molecule has 1 aromatic carbocycles. The number of aromatic nitrogens is 1. The maximum atomic E-state index is 10.5. The fourth-order valence-electron chi connectivity index (χ4n) is 2.73. The molecule has 21 heavy (non-hydrogen) atoms. The monoisotopic (exact) mass is 283 g/mol. The van der Waals surface area contributed by atoms with E-state index in [9.17, 15) is 5.11 Å². The van der Waals surface area contributed by atoms with Crippen LogP contribution >= 0.6 is 0 Å². The molecule has 1 aromatic heterocycles. The van der Waals surface area contributed by atoms with Crippen LogP contribution in [0.15, 0.2) is 42.5 Å². The van der Waals surface area contributed by atoms with Crippen LogP contribution in [-0.4, -0.2) is 36.3 Å². The number of pyridine rings is 1. The van der Waals surface area contributed by atoms with Gasteiger partial charge in [-0.2, -0.15) is 0 Å². The van der Waals surface area contributed by atoms with E-state index < -0.39 is 6.10 Å². The van der Waals surface area contributed by atoms with Crippen molar-refractivity contribution in [3.63, 3.8) is 0 Å². The molecule has 3 rings (SSSR count). The molecule has 0 aliphatic carbocycles. The Kier molecular flexibility index (Phi) is 4.18. The summed E-state index contributed by atoms with van der Waals surface area (Å²) in [6.07, 6.45) is -0.615. The highest BCUT2D eigenvalue weighted by molar-refractivity contribution is 5.44. The van der Waals surface area contributed by atoms with Gasteiger partial charge in [0.05, 0.1) is 0 Å². The zero-order chi connectivity index (χ0) is 14.7. The van der Waals surface area contributed by atoms with E-state index in [1.54, 1.807) is 0 Å². The van der Waals surface area contributed by atoms with Crippen molar-refractivity contribution in [1.82, 2.24) is 10.3 Å². The molecule has 0 radical (unpaired) electrons. The topological polar surface area (TPSA) is 48.4 Å². The lowest BCUT2D eigenvalue weighted by atomic mass is 10.0. The van der Waals surface area contributed by atoms with E-state index in [0.717, 1.165) is 48.8 Å². The SMILES string of the molecule is Cc1nc(N2CCNCC2)ccc1C(O)c1ccccc1. The lowest BCUT2D eigenvalue weighted by Gasteiger charge is -2.29. The number of benzene rings is 1. The molecule has 1 aliphatic heterocycles. The normalized spacial score (nSPS) is 16.8. The van der Waals surface area contributed by atoms with Crippen molar-refractivity contribution in [3.8, 4) is 0 Å². The lowest BCUT2D eigenvalue weighted by molar-refractivity contribution is 0.219. The van der Waals surface area contributed by atoms with Crippen LogP contribution in [0, 0.1) is 6.92 Å². The largest absolute Gasteiger partial charge is 0.384 e. The first kappa shape index (κ1) is 14.0. The van der Waals surface area contributed by atoms with Gasteiger partial charge in [-0.25, -0.2) is 4.98 Å². The summed E-state index contributed by atoms with van der Waals surface area (Å²) in [6, 6.07) is 13.7. The van der Waals surface area contributed by atoms with Crippen molar-refractivity contribution in [2.45, 2.75) is 13.0 Å². The van der Waals surface area contributed by atoms with Crippen molar-refractivity contribution in [2.24, 2.45) is 0 Å². The number of aryl methyl sites for hydroxylation is 1. The zero-order valence-electron chi connectivity index (χ0n) is 12.3. The van der Waals surface area contributed by atoms with Crippen molar-refractivity contribution in [1.29, 1.82) is 0 Å². The molecule has 0 amide bonds. The van der Waals surface area contributed by atoms with Crippen LogP contribution in [0.4, 0.5) is 5.82 Å². The molecule has 0 spiro atoms. The third-order valence-corrected chi connectivity index (χ3v) is 3.96. The van der Waals surface area contributed by atoms with Crippen LogP contribution in [-0.2, 0) is 0 Å². The Bertz CT molecular complexity index is 594. The zero-order valence-corrected chi connectivity index (χ0v) is 12.3. The van der Waals surface area contributed by atoms with Crippen LogP contribution in [0.25, 0.3) is 0 Å². The van der Waals surface area contributed by atoms with Crippen molar-refractivity contribution in [3.05, 3.63) is 59.3 Å². The fourth-order valence-corrected chi connectivity index (χ4v) is 2.73. The molecule has 4 nitrogen and oxygen atoms in total. The molecule has 1 saturated heterocycles. The maximum Gasteiger partial charge on any atom is 0.128 e. The summed E-state index contributed by atoms with van der Waals surface area (Å²) >= 11 is 0. The molecule has 1 unspecified atom stereocenters. The van der Waals surface area contributed by atoms with Gasteiger partial charge >= 0.3 is 0 Å². The molecule has 110 valence electrons. The number of piperazine rings is 1. The highest BCUT2D eigenvalue weighted by atomic mass is 16.3. The molecule has 4 heteroatoms. The van der Waals surface area contributed by atoms with Crippen molar-refractivity contribution in [2.75, 3.05) is 31.1 Å². The summed E-state index contributed by atoms with van der Waals surface area (Å²) in [4.78, 5) is 6.96. The lowest BCUT2D eigenvalue weighted by Crippen LogP contribution is -2.43. The molecule has 2 heterocycles. The first-order valence-electron chi connectivity index (χ1n) is 7.42. The average Bonchev–Trinajstić information content (AvgIpc) is 2.56. The second-order valence-corrected chi connectivity index (χ2v) is 5.39. The summed E-state index contributed by atoms with van der Waals surface area (Å²) in [7, 11) is 0. The van der Waals surface area contributed by atoms with Gasteiger partial charge in [0, 0.05) is 37.4 Å². The predicted octanol–water partition coefficient (Wildman–Crippen LogP) is 1.88. The van der Waals surface area contributed by atoms with Gasteiger partial charge in [0.2, 0.25) is 0 Å². The molecule has 0 saturated carbocycles. The second-order valence-electron chi connectivity index (χ2n) is 5.39. The van der Waals surface area contributed by atoms with Crippen LogP contribution in [0.1, 0.15) is 22.9 Å². The number of nitrogens with one attached hydrogen (secondary N) is 1. The van der Waals surface area contributed by atoms with Gasteiger partial charge in [0.25, 0.3) is 0 Å². The Balaban J connectivity index is 1.84. The third kappa shape index (κ3) is 3.06. The average molecular weight is 283 g/mol. The second kappa shape index (κ2) is 6.24. The number of aliphatic hydroxyl groups excluding tert-OH is 1. The van der Waals surface area contributed by atoms with E-state index >= 15 is 0 Å². The highest BCUT2D eigenvalue weighted by Crippen LogP contribution is 2.25. The summed E-state index contributed by atoms with van der Waals surface area (Å²) in [5, 5.41) is 13.9. The first-order valence-corrected chi connectivity index (χ1v) is 7.42. The van der Waals surface area contributed by atoms with E-state index in [1.807, 2.05) is 49.4 Å². The predicted molar refractivity (Wildman–Crippen MR) is 84.6 cm³/mol. The molecule has 2 aromatic rings. The van der Waals surface area contributed by atoms with Gasteiger partial charge in [-0.15, -0.1) is 0 Å². The molecule has 2 N–H and O–H groups in total. The maximum absolute atomic E-state index is 10.5. The molecule has 0 bridgehead atoms. The van der Waals surface area contributed by atoms with Gasteiger partial charge in [-0.05, 0) is 18.6 Å². The summed E-state index contributed by atoms with van der Waals surface area (Å²) < 4.78 is 0. The van der Waals surface area contributed by atoms with E-state index in [-0.39, 0.29) is 0 Å². The third-order valence-electron chi connectivity index (χ3n) is 3.96. The molecule has 1 atom stereocenters. The van der Waals surface area contributed by atoms with Crippen LogP contribution < -0.4 is 10.2 Å². The summed E-state index contributed by atoms with van der Waals surface area (Å²) in [5.74, 6) is 0.998. The number of hydrogen-bond donors (Lipinski definition) is 2. The molecular formula is C17H21N3O. The highest BCUT2D eigenvalue weighted by Gasteiger charge is 2.16. The quantitative estimate of drug-likeness (QED) is 0.903. The Labute approximate surface area is 125 Å². The van der Waals surface area contributed by atoms with Gasteiger partial charge in [-0.1, -0.05) is 36.4 Å². The fraction of sp³-hybridized carbons (Fsp3) is 0.353. The number of aliphatic hydroxyl groups is 1. The summed E-state index contributed by atoms with van der Waals surface area (Å²) in [5.41, 5.74) is 2.67. The number of anilines is 1. The van der Waals surface area contributed by atoms with E-state index in [0.29, 0.717) is 0 Å². The molecule has 1 aliphatic rings. The van der Waals surface area contributed by atoms with Crippen LogP contribution in [0.2, 0.25) is 0 Å². The minimum Gasteiger partial charge on any atom is -0.384 e. The van der Waals surface area contributed by atoms with Crippen molar-refractivity contribution < 1.29 is 5.11 Å². The standard InChI is InChI=1S/C17H21N3O/c1-13-15(17(21)14-5-3-2-4-6-14)7-8-16(19-13)20-11-9-18-10-12-20/h2-8,17-18,21H,9-12H2,1H3. The Hall–Kier alpha value is -1.91. The number of rotatable bonds is 3. The smallest absolute Gasteiger partial charge is 0.128 e. The van der Waals surface area contributed by atoms with Gasteiger partial charge in [0.15, 0.2) is 0 Å². The summed E-state index contributed by atoms with van der Waals surface area (Å²) in [6.45, 7) is 5.91. The van der Waals surface area contributed by atoms with Gasteiger partial charge in [0.1, 0.15) is 11.9 Å². The Morgan fingerprint density at radius 1 is 1.10 bits per heavy atom. The van der Waals surface area contributed by atoms with Crippen LogP contribution in [0.3, 0.4) is 0 Å². The molecule has 1 fully saturated rings. The van der Waals surface area contributed by atoms with Gasteiger partial charge < -0.3 is 15.3 Å². The minimum absolute atomic E-state index is 0.615. The minimum atomic E-state index is -0.615. The molecular weight excluding hydrogens is 262 g/mol. The number of hydrogen-bond acceptors (Lipinski definition) is 4. The van der Waals surface area contributed by atoms with E-state index in [1.165, 1.54) is 0 Å². The number of nitrogens with zero attached hydrogens (tertiary/aromatic N) is 2. The van der Waals surface area contributed by atoms with Crippen molar-refractivity contribution >= 4 is 5.82 Å². The Morgan fingerprint density at radius 2 is 1.81 bits per heavy atom. The van der Waals surface area contributed by atoms with E-state index in [4.69, 9.17) is 0 Å². The first-order chi connectivity index (χ1) is 10.3. The van der Waals surface area contributed by atoms with E-state index in [2.05, 4.69) is 15.2 Å². The van der Waals surface area contributed by atoms with Gasteiger partial charge in [-0.3, -0.25) is 0 Å². The van der Waals surface area contributed by atoms with Crippen LogP contribution in [0.5, 0.6) is 0 Å².